The van der Waals surface area contributed by atoms with E-state index in [2.05, 4.69) is 10.9 Å². The number of hydrogen-bond donors (Lipinski definition) is 2. The van der Waals surface area contributed by atoms with Crippen molar-refractivity contribution in [3.8, 4) is 11.5 Å². The number of fused-ring (bicyclic) bond motifs is 1. The van der Waals surface area contributed by atoms with Gasteiger partial charge in [0.2, 0.25) is 6.10 Å². The number of hydrazine groups is 1. The van der Waals surface area contributed by atoms with Gasteiger partial charge in [-0.3, -0.25) is 20.4 Å². The number of amides is 2. The number of para-hydroxylation sites is 2. The van der Waals surface area contributed by atoms with Crippen LogP contribution in [0.25, 0.3) is 0 Å². The maximum atomic E-state index is 12.2. The molecule has 0 fully saturated rings. The van der Waals surface area contributed by atoms with Crippen molar-refractivity contribution in [2.75, 3.05) is 6.61 Å². The Hall–Kier alpha value is -3.55. The first-order valence-electron chi connectivity index (χ1n) is 8.29. The Morgan fingerprint density at radius 3 is 2.41 bits per heavy atom. The lowest BCUT2D eigenvalue weighted by Crippen LogP contribution is -2.48. The summed E-state index contributed by atoms with van der Waals surface area (Å²) in [4.78, 5) is 36.1. The Kier molecular flexibility index (Phi) is 5.55. The average Bonchev–Trinajstić information content (AvgIpc) is 2.71. The summed E-state index contributed by atoms with van der Waals surface area (Å²) in [6.07, 6.45) is -2.11. The fourth-order valence-electron chi connectivity index (χ4n) is 2.32. The molecule has 0 aromatic heterocycles. The Morgan fingerprint density at radius 1 is 1.00 bits per heavy atom. The lowest BCUT2D eigenvalue weighted by molar-refractivity contribution is -0.163. The van der Waals surface area contributed by atoms with Crippen molar-refractivity contribution < 1.29 is 28.6 Å². The number of benzene rings is 2. The van der Waals surface area contributed by atoms with Gasteiger partial charge in [0.05, 0.1) is 0 Å². The largest absolute Gasteiger partial charge is 0.485 e. The Bertz CT molecular complexity index is 839. The van der Waals surface area contributed by atoms with Gasteiger partial charge in [0, 0.05) is 5.56 Å². The molecule has 2 N–H and O–H groups in total. The third-order valence-electron chi connectivity index (χ3n) is 3.77. The van der Waals surface area contributed by atoms with Crippen molar-refractivity contribution in [2.45, 2.75) is 19.1 Å². The molecule has 0 saturated heterocycles. The molecule has 2 aromatic carbocycles. The lowest BCUT2D eigenvalue weighted by atomic mass is 10.2. The molecule has 8 heteroatoms. The zero-order valence-electron chi connectivity index (χ0n) is 14.5. The first-order valence-corrected chi connectivity index (χ1v) is 8.29. The van der Waals surface area contributed by atoms with Crippen molar-refractivity contribution in [1.82, 2.24) is 10.9 Å². The van der Waals surface area contributed by atoms with Gasteiger partial charge in [0.15, 0.2) is 17.6 Å². The molecule has 2 amide bonds. The van der Waals surface area contributed by atoms with Crippen molar-refractivity contribution in [1.29, 1.82) is 0 Å². The van der Waals surface area contributed by atoms with Crippen molar-refractivity contribution in [2.24, 2.45) is 0 Å². The van der Waals surface area contributed by atoms with Gasteiger partial charge in [-0.05, 0) is 31.2 Å². The van der Waals surface area contributed by atoms with Gasteiger partial charge in [-0.25, -0.2) is 4.79 Å². The van der Waals surface area contributed by atoms with Crippen LogP contribution in [0.5, 0.6) is 11.5 Å². The Balaban J connectivity index is 1.48. The van der Waals surface area contributed by atoms with Gasteiger partial charge in [0.25, 0.3) is 11.8 Å². The zero-order chi connectivity index (χ0) is 19.2. The second-order valence-corrected chi connectivity index (χ2v) is 5.75. The van der Waals surface area contributed by atoms with E-state index in [-0.39, 0.29) is 6.61 Å². The second kappa shape index (κ2) is 8.22. The van der Waals surface area contributed by atoms with Crippen LogP contribution in [0.4, 0.5) is 0 Å². The summed E-state index contributed by atoms with van der Waals surface area (Å²) in [5, 5.41) is 0. The first-order chi connectivity index (χ1) is 13.0. The van der Waals surface area contributed by atoms with Crippen LogP contribution < -0.4 is 20.3 Å². The number of ether oxygens (including phenoxy) is 3. The minimum Gasteiger partial charge on any atom is -0.485 e. The molecule has 0 unspecified atom stereocenters. The van der Waals surface area contributed by atoms with Gasteiger partial charge in [-0.15, -0.1) is 0 Å². The minimum absolute atomic E-state index is 0.0189. The normalized spacial score (nSPS) is 16.0. The highest BCUT2D eigenvalue weighted by atomic mass is 16.6. The van der Waals surface area contributed by atoms with Crippen molar-refractivity contribution in [3.05, 3.63) is 60.2 Å². The summed E-state index contributed by atoms with van der Waals surface area (Å²) < 4.78 is 16.1. The van der Waals surface area contributed by atoms with E-state index < -0.39 is 30.0 Å². The monoisotopic (exact) mass is 370 g/mol. The van der Waals surface area contributed by atoms with Crippen LogP contribution in [0.15, 0.2) is 54.6 Å². The van der Waals surface area contributed by atoms with E-state index >= 15 is 0 Å². The average molecular weight is 370 g/mol. The standard InChI is InChI=1S/C19H18N2O6/c1-12(17(22)20-21-18(23)13-7-3-2-4-8-13)26-19(24)16-11-25-14-9-5-6-10-15(14)27-16/h2-10,12,16H,11H2,1H3,(H,20,22)(H,21,23)/t12-,16-/m0/s1. The van der Waals surface area contributed by atoms with Crippen LogP contribution >= 0.6 is 0 Å². The number of rotatable bonds is 4. The highest BCUT2D eigenvalue weighted by Crippen LogP contribution is 2.31. The maximum absolute atomic E-state index is 12.2. The summed E-state index contributed by atoms with van der Waals surface area (Å²) in [6, 6.07) is 15.3. The fraction of sp³-hybridized carbons (Fsp3) is 0.211. The van der Waals surface area contributed by atoms with Crippen molar-refractivity contribution >= 4 is 17.8 Å². The van der Waals surface area contributed by atoms with E-state index in [0.717, 1.165) is 0 Å². The van der Waals surface area contributed by atoms with Crippen LogP contribution in [0.3, 0.4) is 0 Å². The fourth-order valence-corrected chi connectivity index (χ4v) is 2.32. The molecule has 1 heterocycles. The molecule has 1 aliphatic heterocycles. The summed E-state index contributed by atoms with van der Waals surface area (Å²) in [7, 11) is 0. The van der Waals surface area contributed by atoms with Gasteiger partial charge in [-0.2, -0.15) is 0 Å². The summed E-state index contributed by atoms with van der Waals surface area (Å²) >= 11 is 0. The van der Waals surface area contributed by atoms with E-state index in [0.29, 0.717) is 17.1 Å². The molecule has 1 aliphatic rings. The summed E-state index contributed by atoms with van der Waals surface area (Å²) in [5.74, 6) is -0.928. The maximum Gasteiger partial charge on any atom is 0.351 e. The number of nitrogens with one attached hydrogen (secondary N) is 2. The molecular formula is C19H18N2O6. The van der Waals surface area contributed by atoms with E-state index in [4.69, 9.17) is 14.2 Å². The van der Waals surface area contributed by atoms with Gasteiger partial charge in [-0.1, -0.05) is 30.3 Å². The van der Waals surface area contributed by atoms with Gasteiger partial charge in [0.1, 0.15) is 6.61 Å². The molecule has 0 spiro atoms. The van der Waals surface area contributed by atoms with Crippen LogP contribution in [0, 0.1) is 0 Å². The third-order valence-corrected chi connectivity index (χ3v) is 3.77. The quantitative estimate of drug-likeness (QED) is 0.620. The smallest absolute Gasteiger partial charge is 0.351 e. The Labute approximate surface area is 155 Å². The molecule has 27 heavy (non-hydrogen) atoms. The zero-order valence-corrected chi connectivity index (χ0v) is 14.5. The van der Waals surface area contributed by atoms with E-state index in [9.17, 15) is 14.4 Å². The van der Waals surface area contributed by atoms with E-state index in [1.165, 1.54) is 6.92 Å². The highest BCUT2D eigenvalue weighted by Gasteiger charge is 2.31. The Morgan fingerprint density at radius 2 is 1.67 bits per heavy atom. The third kappa shape index (κ3) is 4.55. The molecular weight excluding hydrogens is 352 g/mol. The number of hydrogen-bond acceptors (Lipinski definition) is 6. The van der Waals surface area contributed by atoms with Gasteiger partial charge < -0.3 is 14.2 Å². The molecule has 0 saturated carbocycles. The first kappa shape index (κ1) is 18.2. The minimum atomic E-state index is -1.13. The number of carbonyl (C=O) groups is 3. The van der Waals surface area contributed by atoms with Crippen LogP contribution in [-0.4, -0.2) is 36.6 Å². The highest BCUT2D eigenvalue weighted by molar-refractivity contribution is 5.95. The second-order valence-electron chi connectivity index (χ2n) is 5.75. The van der Waals surface area contributed by atoms with Crippen LogP contribution in [0.2, 0.25) is 0 Å². The number of carbonyl (C=O) groups excluding carboxylic acids is 3. The SMILES string of the molecule is C[C@H](OC(=O)[C@@H]1COc2ccccc2O1)C(=O)NNC(=O)c1ccccc1. The molecule has 0 aliphatic carbocycles. The molecule has 140 valence electrons. The molecule has 2 aromatic rings. The molecule has 8 nitrogen and oxygen atoms in total. The molecule has 3 rings (SSSR count). The molecule has 0 radical (unpaired) electrons. The van der Waals surface area contributed by atoms with Crippen LogP contribution in [-0.2, 0) is 14.3 Å². The summed E-state index contributed by atoms with van der Waals surface area (Å²) in [6.45, 7) is 1.37. The van der Waals surface area contributed by atoms with E-state index in [1.54, 1.807) is 54.6 Å². The predicted octanol–water partition coefficient (Wildman–Crippen LogP) is 1.22. The van der Waals surface area contributed by atoms with Gasteiger partial charge >= 0.3 is 5.97 Å². The van der Waals surface area contributed by atoms with E-state index in [1.807, 2.05) is 0 Å². The number of esters is 1. The molecule has 0 bridgehead atoms. The topological polar surface area (TPSA) is 103 Å². The van der Waals surface area contributed by atoms with Crippen LogP contribution in [0.1, 0.15) is 17.3 Å². The summed E-state index contributed by atoms with van der Waals surface area (Å²) in [5.41, 5.74) is 4.86. The lowest BCUT2D eigenvalue weighted by Gasteiger charge is -2.25. The predicted molar refractivity (Wildman–Crippen MR) is 94.0 cm³/mol. The van der Waals surface area contributed by atoms with Crippen molar-refractivity contribution in [3.63, 3.8) is 0 Å². The molecule has 2 atom stereocenters.